The topological polar surface area (TPSA) is 40.5 Å². The molecule has 1 aromatic rings. The first-order valence-electron chi connectivity index (χ1n) is 6.28. The summed E-state index contributed by atoms with van der Waals surface area (Å²) in [6, 6.07) is 9.14. The Labute approximate surface area is 112 Å². The SMILES string of the molecule is CSc1ccc(CN(CCC(=O)O)C2CC2)cc1. The van der Waals surface area contributed by atoms with Gasteiger partial charge >= 0.3 is 5.97 Å². The van der Waals surface area contributed by atoms with Gasteiger partial charge in [-0.3, -0.25) is 9.69 Å². The highest BCUT2D eigenvalue weighted by Gasteiger charge is 2.28. The fourth-order valence-corrected chi connectivity index (χ4v) is 2.44. The molecule has 1 saturated carbocycles. The summed E-state index contributed by atoms with van der Waals surface area (Å²) in [6.45, 7) is 1.52. The quantitative estimate of drug-likeness (QED) is 0.770. The number of nitrogens with zero attached hydrogens (tertiary/aromatic N) is 1. The van der Waals surface area contributed by atoms with Gasteiger partial charge in [-0.05, 0) is 36.8 Å². The number of rotatable bonds is 7. The van der Waals surface area contributed by atoms with Crippen LogP contribution in [-0.4, -0.2) is 34.8 Å². The minimum atomic E-state index is -0.710. The Hall–Kier alpha value is -1.00. The maximum absolute atomic E-state index is 10.7. The van der Waals surface area contributed by atoms with Gasteiger partial charge in [0.2, 0.25) is 0 Å². The molecule has 0 spiro atoms. The Bertz CT molecular complexity index is 401. The second-order valence-electron chi connectivity index (χ2n) is 4.69. The van der Waals surface area contributed by atoms with Crippen molar-refractivity contribution in [2.45, 2.75) is 36.7 Å². The molecular formula is C14H19NO2S. The van der Waals surface area contributed by atoms with Crippen LogP contribution in [0.1, 0.15) is 24.8 Å². The number of carbonyl (C=O) groups is 1. The van der Waals surface area contributed by atoms with Crippen LogP contribution in [-0.2, 0) is 11.3 Å². The highest BCUT2D eigenvalue weighted by atomic mass is 32.2. The first-order chi connectivity index (χ1) is 8.69. The minimum Gasteiger partial charge on any atom is -0.481 e. The standard InChI is InChI=1S/C14H19NO2S/c1-18-13-6-2-11(3-7-13)10-15(12-4-5-12)9-8-14(16)17/h2-3,6-7,12H,4-5,8-10H2,1H3,(H,16,17). The second kappa shape index (κ2) is 6.25. The van der Waals surface area contributed by atoms with Crippen LogP contribution in [0.25, 0.3) is 0 Å². The van der Waals surface area contributed by atoms with Crippen LogP contribution in [0.5, 0.6) is 0 Å². The van der Waals surface area contributed by atoms with Crippen LogP contribution in [0.4, 0.5) is 0 Å². The molecular weight excluding hydrogens is 246 g/mol. The molecule has 18 heavy (non-hydrogen) atoms. The molecule has 3 nitrogen and oxygen atoms in total. The lowest BCUT2D eigenvalue weighted by atomic mass is 10.2. The Morgan fingerprint density at radius 3 is 2.56 bits per heavy atom. The minimum absolute atomic E-state index is 0.236. The van der Waals surface area contributed by atoms with Gasteiger partial charge in [0, 0.05) is 24.0 Å². The third-order valence-corrected chi connectivity index (χ3v) is 3.96. The van der Waals surface area contributed by atoms with E-state index < -0.39 is 5.97 Å². The normalized spacial score (nSPS) is 15.0. The third-order valence-electron chi connectivity index (χ3n) is 3.22. The number of hydrogen-bond acceptors (Lipinski definition) is 3. The predicted molar refractivity (Wildman–Crippen MR) is 73.9 cm³/mol. The molecule has 1 aliphatic rings. The fourth-order valence-electron chi connectivity index (χ4n) is 2.04. The van der Waals surface area contributed by atoms with Crippen molar-refractivity contribution in [2.75, 3.05) is 12.8 Å². The lowest BCUT2D eigenvalue weighted by Gasteiger charge is -2.21. The van der Waals surface area contributed by atoms with E-state index in [1.165, 1.54) is 23.3 Å². The molecule has 0 amide bonds. The highest BCUT2D eigenvalue weighted by molar-refractivity contribution is 7.98. The van der Waals surface area contributed by atoms with Gasteiger partial charge in [0.25, 0.3) is 0 Å². The zero-order chi connectivity index (χ0) is 13.0. The molecule has 4 heteroatoms. The van der Waals surface area contributed by atoms with E-state index in [0.717, 1.165) is 6.54 Å². The molecule has 0 bridgehead atoms. The zero-order valence-electron chi connectivity index (χ0n) is 10.6. The maximum Gasteiger partial charge on any atom is 0.304 e. The van der Waals surface area contributed by atoms with Gasteiger partial charge in [0.05, 0.1) is 6.42 Å². The average Bonchev–Trinajstić information content (AvgIpc) is 3.19. The third kappa shape index (κ3) is 4.03. The summed E-state index contributed by atoms with van der Waals surface area (Å²) in [5.41, 5.74) is 1.27. The summed E-state index contributed by atoms with van der Waals surface area (Å²) in [4.78, 5) is 14.2. The molecule has 1 fully saturated rings. The molecule has 1 aromatic carbocycles. The Kier molecular flexibility index (Phi) is 4.66. The molecule has 0 unspecified atom stereocenters. The van der Waals surface area contributed by atoms with E-state index in [9.17, 15) is 4.79 Å². The molecule has 1 aliphatic carbocycles. The zero-order valence-corrected chi connectivity index (χ0v) is 11.4. The van der Waals surface area contributed by atoms with Crippen molar-refractivity contribution >= 4 is 17.7 Å². The second-order valence-corrected chi connectivity index (χ2v) is 5.57. The van der Waals surface area contributed by atoms with Crippen LogP contribution in [0.3, 0.4) is 0 Å². The van der Waals surface area contributed by atoms with Crippen molar-refractivity contribution < 1.29 is 9.90 Å². The van der Waals surface area contributed by atoms with Crippen molar-refractivity contribution in [2.24, 2.45) is 0 Å². The average molecular weight is 265 g/mol. The number of carboxylic acid groups (broad SMARTS) is 1. The van der Waals surface area contributed by atoms with Gasteiger partial charge in [-0.1, -0.05) is 12.1 Å². The summed E-state index contributed by atoms with van der Waals surface area (Å²) < 4.78 is 0. The van der Waals surface area contributed by atoms with Crippen molar-refractivity contribution in [3.63, 3.8) is 0 Å². The Morgan fingerprint density at radius 1 is 1.39 bits per heavy atom. The van der Waals surface area contributed by atoms with E-state index in [2.05, 4.69) is 35.4 Å². The molecule has 1 N–H and O–H groups in total. The van der Waals surface area contributed by atoms with Gasteiger partial charge in [-0.25, -0.2) is 0 Å². The molecule has 0 atom stereocenters. The molecule has 2 rings (SSSR count). The number of thioether (sulfide) groups is 1. The van der Waals surface area contributed by atoms with E-state index in [4.69, 9.17) is 5.11 Å². The summed E-state index contributed by atoms with van der Waals surface area (Å²) in [7, 11) is 0. The van der Waals surface area contributed by atoms with Crippen LogP contribution < -0.4 is 0 Å². The molecule has 0 radical (unpaired) electrons. The van der Waals surface area contributed by atoms with Crippen LogP contribution in [0.15, 0.2) is 29.2 Å². The number of aliphatic carboxylic acids is 1. The maximum atomic E-state index is 10.7. The largest absolute Gasteiger partial charge is 0.481 e. The number of benzene rings is 1. The predicted octanol–water partition coefficient (Wildman–Crippen LogP) is 2.85. The molecule has 0 aromatic heterocycles. The fraction of sp³-hybridized carbons (Fsp3) is 0.500. The van der Waals surface area contributed by atoms with Crippen LogP contribution in [0, 0.1) is 0 Å². The van der Waals surface area contributed by atoms with E-state index >= 15 is 0 Å². The first kappa shape index (κ1) is 13.4. The smallest absolute Gasteiger partial charge is 0.304 e. The van der Waals surface area contributed by atoms with Gasteiger partial charge < -0.3 is 5.11 Å². The van der Waals surface area contributed by atoms with E-state index in [1.54, 1.807) is 11.8 Å². The molecule has 98 valence electrons. The van der Waals surface area contributed by atoms with Crippen LogP contribution >= 0.6 is 11.8 Å². The monoisotopic (exact) mass is 265 g/mol. The highest BCUT2D eigenvalue weighted by Crippen LogP contribution is 2.28. The Balaban J connectivity index is 1.92. The van der Waals surface area contributed by atoms with E-state index in [0.29, 0.717) is 12.6 Å². The van der Waals surface area contributed by atoms with Crippen molar-refractivity contribution in [1.82, 2.24) is 4.90 Å². The van der Waals surface area contributed by atoms with Crippen molar-refractivity contribution in [3.8, 4) is 0 Å². The number of carboxylic acids is 1. The molecule has 0 saturated heterocycles. The van der Waals surface area contributed by atoms with Gasteiger partial charge in [-0.15, -0.1) is 11.8 Å². The lowest BCUT2D eigenvalue weighted by molar-refractivity contribution is -0.137. The summed E-state index contributed by atoms with van der Waals surface area (Å²) >= 11 is 1.74. The summed E-state index contributed by atoms with van der Waals surface area (Å²) in [5.74, 6) is -0.710. The van der Waals surface area contributed by atoms with Gasteiger partial charge in [-0.2, -0.15) is 0 Å². The van der Waals surface area contributed by atoms with E-state index in [-0.39, 0.29) is 6.42 Å². The summed E-state index contributed by atoms with van der Waals surface area (Å²) in [6.07, 6.45) is 4.72. The van der Waals surface area contributed by atoms with E-state index in [1.807, 2.05) is 0 Å². The van der Waals surface area contributed by atoms with Crippen molar-refractivity contribution in [3.05, 3.63) is 29.8 Å². The lowest BCUT2D eigenvalue weighted by Crippen LogP contribution is -2.28. The van der Waals surface area contributed by atoms with Crippen LogP contribution in [0.2, 0.25) is 0 Å². The molecule has 0 aliphatic heterocycles. The van der Waals surface area contributed by atoms with Crippen molar-refractivity contribution in [1.29, 1.82) is 0 Å². The van der Waals surface area contributed by atoms with Gasteiger partial charge in [0.1, 0.15) is 0 Å². The summed E-state index contributed by atoms with van der Waals surface area (Å²) in [5, 5.41) is 8.77. The van der Waals surface area contributed by atoms with Gasteiger partial charge in [0.15, 0.2) is 0 Å². The Morgan fingerprint density at radius 2 is 2.06 bits per heavy atom. The first-order valence-corrected chi connectivity index (χ1v) is 7.50. The molecule has 0 heterocycles. The number of hydrogen-bond donors (Lipinski definition) is 1.